The molecule has 0 aliphatic carbocycles. The summed E-state index contributed by atoms with van der Waals surface area (Å²) in [4.78, 5) is 25.9. The molecule has 1 aromatic carbocycles. The number of nitrogens with one attached hydrogen (secondary N) is 1. The number of carbonyl (C=O) groups excluding carboxylic acids is 2. The molecule has 5 heteroatoms. The quantitative estimate of drug-likeness (QED) is 0.899. The SMILES string of the molecule is CNC(=O)[C@]1(C)CN(C(=O)CCc2ccccc2)CCO1. The van der Waals surface area contributed by atoms with Gasteiger partial charge in [-0.2, -0.15) is 0 Å². The minimum absolute atomic E-state index is 0.0669. The van der Waals surface area contributed by atoms with E-state index in [-0.39, 0.29) is 11.8 Å². The van der Waals surface area contributed by atoms with E-state index in [4.69, 9.17) is 4.74 Å². The number of morpholine rings is 1. The molecule has 1 aromatic rings. The zero-order chi connectivity index (χ0) is 15.3. The van der Waals surface area contributed by atoms with Gasteiger partial charge in [0.25, 0.3) is 5.91 Å². The smallest absolute Gasteiger partial charge is 0.253 e. The van der Waals surface area contributed by atoms with Gasteiger partial charge in [0.2, 0.25) is 5.91 Å². The number of hydrogen-bond acceptors (Lipinski definition) is 3. The average Bonchev–Trinajstić information content (AvgIpc) is 2.52. The van der Waals surface area contributed by atoms with Crippen molar-refractivity contribution < 1.29 is 14.3 Å². The fourth-order valence-corrected chi connectivity index (χ4v) is 2.54. The fraction of sp³-hybridized carbons (Fsp3) is 0.500. The zero-order valence-electron chi connectivity index (χ0n) is 12.6. The predicted molar refractivity (Wildman–Crippen MR) is 79.8 cm³/mol. The molecule has 1 heterocycles. The van der Waals surface area contributed by atoms with Crippen molar-refractivity contribution in [3.63, 3.8) is 0 Å². The Hall–Kier alpha value is -1.88. The molecule has 1 fully saturated rings. The molecular weight excluding hydrogens is 268 g/mol. The lowest BCUT2D eigenvalue weighted by molar-refractivity contribution is -0.162. The van der Waals surface area contributed by atoms with Crippen molar-refractivity contribution >= 4 is 11.8 Å². The highest BCUT2D eigenvalue weighted by atomic mass is 16.5. The first kappa shape index (κ1) is 15.5. The van der Waals surface area contributed by atoms with Crippen LogP contribution in [-0.4, -0.2) is 49.1 Å². The third-order valence-electron chi connectivity index (χ3n) is 3.80. The summed E-state index contributed by atoms with van der Waals surface area (Å²) in [6, 6.07) is 9.93. The standard InChI is InChI=1S/C16H22N2O3/c1-16(15(20)17-2)12-18(10-11-21-16)14(19)9-8-13-6-4-3-5-7-13/h3-7H,8-12H2,1-2H3,(H,17,20)/t16-/m0/s1. The first-order valence-corrected chi connectivity index (χ1v) is 7.23. The van der Waals surface area contributed by atoms with Crippen LogP contribution in [0.5, 0.6) is 0 Å². The van der Waals surface area contributed by atoms with E-state index in [0.29, 0.717) is 32.5 Å². The van der Waals surface area contributed by atoms with E-state index in [0.717, 1.165) is 5.56 Å². The van der Waals surface area contributed by atoms with Crippen LogP contribution in [0.25, 0.3) is 0 Å². The lowest BCUT2D eigenvalue weighted by atomic mass is 10.0. The molecule has 5 nitrogen and oxygen atoms in total. The summed E-state index contributed by atoms with van der Waals surface area (Å²) in [6.45, 7) is 2.96. The van der Waals surface area contributed by atoms with Crippen LogP contribution in [0.3, 0.4) is 0 Å². The van der Waals surface area contributed by atoms with Crippen molar-refractivity contribution in [2.75, 3.05) is 26.7 Å². The molecule has 114 valence electrons. The number of rotatable bonds is 4. The van der Waals surface area contributed by atoms with Crippen LogP contribution >= 0.6 is 0 Å². The van der Waals surface area contributed by atoms with Crippen LogP contribution in [-0.2, 0) is 20.7 Å². The average molecular weight is 290 g/mol. The topological polar surface area (TPSA) is 58.6 Å². The Morgan fingerprint density at radius 2 is 2.05 bits per heavy atom. The Morgan fingerprint density at radius 3 is 2.71 bits per heavy atom. The molecule has 0 saturated carbocycles. The Morgan fingerprint density at radius 1 is 1.33 bits per heavy atom. The minimum Gasteiger partial charge on any atom is -0.362 e. The molecule has 0 aromatic heterocycles. The number of nitrogens with zero attached hydrogens (tertiary/aromatic N) is 1. The number of hydrogen-bond donors (Lipinski definition) is 1. The largest absolute Gasteiger partial charge is 0.362 e. The van der Waals surface area contributed by atoms with Crippen LogP contribution in [0.1, 0.15) is 18.9 Å². The van der Waals surface area contributed by atoms with Gasteiger partial charge < -0.3 is 15.0 Å². The predicted octanol–water partition coefficient (Wildman–Crippen LogP) is 0.983. The van der Waals surface area contributed by atoms with E-state index in [1.807, 2.05) is 30.3 Å². The van der Waals surface area contributed by atoms with E-state index in [9.17, 15) is 9.59 Å². The van der Waals surface area contributed by atoms with Crippen molar-refractivity contribution in [3.05, 3.63) is 35.9 Å². The summed E-state index contributed by atoms with van der Waals surface area (Å²) in [5.74, 6) is -0.125. The van der Waals surface area contributed by atoms with Crippen molar-refractivity contribution in [2.45, 2.75) is 25.4 Å². The maximum absolute atomic E-state index is 12.3. The highest BCUT2D eigenvalue weighted by Crippen LogP contribution is 2.19. The van der Waals surface area contributed by atoms with Crippen LogP contribution < -0.4 is 5.32 Å². The number of aryl methyl sites for hydroxylation is 1. The monoisotopic (exact) mass is 290 g/mol. The number of amides is 2. The lowest BCUT2D eigenvalue weighted by Gasteiger charge is -2.39. The van der Waals surface area contributed by atoms with Crippen molar-refractivity contribution in [3.8, 4) is 0 Å². The summed E-state index contributed by atoms with van der Waals surface area (Å²) in [5.41, 5.74) is 0.197. The second-order valence-corrected chi connectivity index (χ2v) is 5.46. The van der Waals surface area contributed by atoms with E-state index in [1.165, 1.54) is 0 Å². The van der Waals surface area contributed by atoms with Gasteiger partial charge in [0.1, 0.15) is 0 Å². The Labute approximate surface area is 125 Å². The van der Waals surface area contributed by atoms with Gasteiger partial charge in [0.05, 0.1) is 13.2 Å². The summed E-state index contributed by atoms with van der Waals surface area (Å²) in [6.07, 6.45) is 1.17. The van der Waals surface area contributed by atoms with Gasteiger partial charge in [-0.05, 0) is 18.9 Å². The molecule has 2 amide bonds. The normalized spacial score (nSPS) is 21.9. The number of ether oxygens (including phenoxy) is 1. The molecule has 0 unspecified atom stereocenters. The number of carbonyl (C=O) groups is 2. The molecule has 0 bridgehead atoms. The van der Waals surface area contributed by atoms with Crippen molar-refractivity contribution in [1.29, 1.82) is 0 Å². The minimum atomic E-state index is -0.949. The van der Waals surface area contributed by atoms with Gasteiger partial charge in [-0.1, -0.05) is 30.3 Å². The molecular formula is C16H22N2O3. The maximum atomic E-state index is 12.3. The van der Waals surface area contributed by atoms with Gasteiger partial charge in [-0.3, -0.25) is 9.59 Å². The zero-order valence-corrected chi connectivity index (χ0v) is 12.6. The molecule has 1 aliphatic heterocycles. The van der Waals surface area contributed by atoms with Crippen LogP contribution in [0.2, 0.25) is 0 Å². The fourth-order valence-electron chi connectivity index (χ4n) is 2.54. The summed E-state index contributed by atoms with van der Waals surface area (Å²) in [5, 5.41) is 2.59. The lowest BCUT2D eigenvalue weighted by Crippen LogP contribution is -2.58. The van der Waals surface area contributed by atoms with Gasteiger partial charge in [-0.25, -0.2) is 0 Å². The number of benzene rings is 1. The van der Waals surface area contributed by atoms with Crippen LogP contribution in [0, 0.1) is 0 Å². The third-order valence-corrected chi connectivity index (χ3v) is 3.80. The molecule has 1 saturated heterocycles. The molecule has 1 N–H and O–H groups in total. The first-order chi connectivity index (χ1) is 10.0. The van der Waals surface area contributed by atoms with Gasteiger partial charge in [0.15, 0.2) is 5.60 Å². The highest BCUT2D eigenvalue weighted by molar-refractivity contribution is 5.86. The van der Waals surface area contributed by atoms with Gasteiger partial charge >= 0.3 is 0 Å². The third kappa shape index (κ3) is 3.82. The molecule has 0 radical (unpaired) electrons. The van der Waals surface area contributed by atoms with E-state index in [2.05, 4.69) is 5.32 Å². The second-order valence-electron chi connectivity index (χ2n) is 5.46. The maximum Gasteiger partial charge on any atom is 0.253 e. The second kappa shape index (κ2) is 6.72. The first-order valence-electron chi connectivity index (χ1n) is 7.23. The Bertz CT molecular complexity index is 504. The van der Waals surface area contributed by atoms with Crippen molar-refractivity contribution in [1.82, 2.24) is 10.2 Å². The molecule has 0 spiro atoms. The van der Waals surface area contributed by atoms with Crippen LogP contribution in [0.15, 0.2) is 30.3 Å². The summed E-state index contributed by atoms with van der Waals surface area (Å²) in [7, 11) is 1.58. The van der Waals surface area contributed by atoms with E-state index >= 15 is 0 Å². The Balaban J connectivity index is 1.92. The van der Waals surface area contributed by atoms with Gasteiger partial charge in [0, 0.05) is 20.0 Å². The molecule has 1 atom stereocenters. The summed E-state index contributed by atoms with van der Waals surface area (Å²) < 4.78 is 5.56. The van der Waals surface area contributed by atoms with Crippen LogP contribution in [0.4, 0.5) is 0 Å². The van der Waals surface area contributed by atoms with E-state index < -0.39 is 5.60 Å². The number of likely N-dealkylation sites (N-methyl/N-ethyl adjacent to an activating group) is 1. The van der Waals surface area contributed by atoms with Gasteiger partial charge in [-0.15, -0.1) is 0 Å². The highest BCUT2D eigenvalue weighted by Gasteiger charge is 2.39. The molecule has 21 heavy (non-hydrogen) atoms. The molecule has 2 rings (SSSR count). The van der Waals surface area contributed by atoms with Crippen molar-refractivity contribution in [2.24, 2.45) is 0 Å². The Kier molecular flexibility index (Phi) is 4.96. The molecule has 1 aliphatic rings. The van der Waals surface area contributed by atoms with E-state index in [1.54, 1.807) is 18.9 Å². The summed E-state index contributed by atoms with van der Waals surface area (Å²) >= 11 is 0.